The molecule has 2 rings (SSSR count). The first-order valence-electron chi connectivity index (χ1n) is 8.02. The summed E-state index contributed by atoms with van der Waals surface area (Å²) in [7, 11) is 0. The van der Waals surface area contributed by atoms with E-state index < -0.39 is 0 Å². The van der Waals surface area contributed by atoms with E-state index in [9.17, 15) is 4.79 Å². The normalized spacial score (nSPS) is 11.4. The molecule has 124 valence electrons. The van der Waals surface area contributed by atoms with Gasteiger partial charge < -0.3 is 5.32 Å². The standard InChI is InChI=1S/C18H25N3OS/c1-13(2)21(14(3)4)8-7-20-18(22)16-10-15(11-19-12-16)17-6-5-9-23-17/h5-6,9-14H,7-8H2,1-4H3,(H,20,22). The first-order valence-corrected chi connectivity index (χ1v) is 8.90. The van der Waals surface area contributed by atoms with Gasteiger partial charge in [-0.2, -0.15) is 0 Å². The minimum atomic E-state index is -0.0663. The van der Waals surface area contributed by atoms with E-state index in [0.29, 0.717) is 24.2 Å². The molecule has 0 spiro atoms. The van der Waals surface area contributed by atoms with Crippen LogP contribution >= 0.6 is 11.3 Å². The van der Waals surface area contributed by atoms with Crippen LogP contribution in [0.15, 0.2) is 36.0 Å². The molecule has 0 unspecified atom stereocenters. The van der Waals surface area contributed by atoms with Crippen LogP contribution in [0.1, 0.15) is 38.1 Å². The summed E-state index contributed by atoms with van der Waals surface area (Å²) in [5, 5.41) is 5.02. The molecule has 1 N–H and O–H groups in total. The van der Waals surface area contributed by atoms with Crippen molar-refractivity contribution in [3.8, 4) is 10.4 Å². The van der Waals surface area contributed by atoms with Crippen LogP contribution in [0.3, 0.4) is 0 Å². The average Bonchev–Trinajstić information content (AvgIpc) is 3.05. The van der Waals surface area contributed by atoms with Gasteiger partial charge in [-0.1, -0.05) is 6.07 Å². The second-order valence-electron chi connectivity index (χ2n) is 6.12. The molecule has 0 aliphatic carbocycles. The SMILES string of the molecule is CC(C)N(CCNC(=O)c1cncc(-c2cccs2)c1)C(C)C. The van der Waals surface area contributed by atoms with Gasteiger partial charge >= 0.3 is 0 Å². The number of carbonyl (C=O) groups excluding carboxylic acids is 1. The van der Waals surface area contributed by atoms with E-state index >= 15 is 0 Å². The molecule has 0 saturated heterocycles. The molecule has 0 saturated carbocycles. The zero-order valence-corrected chi connectivity index (χ0v) is 15.1. The van der Waals surface area contributed by atoms with Gasteiger partial charge in [0.2, 0.25) is 0 Å². The molecule has 2 aromatic rings. The summed E-state index contributed by atoms with van der Waals surface area (Å²) in [4.78, 5) is 20.0. The molecule has 0 atom stereocenters. The van der Waals surface area contributed by atoms with Gasteiger partial charge in [0.15, 0.2) is 0 Å². The second-order valence-corrected chi connectivity index (χ2v) is 7.07. The van der Waals surface area contributed by atoms with Gasteiger partial charge in [0.25, 0.3) is 5.91 Å². The van der Waals surface area contributed by atoms with Crippen LogP contribution in [0.25, 0.3) is 10.4 Å². The van der Waals surface area contributed by atoms with Crippen LogP contribution in [-0.2, 0) is 0 Å². The lowest BCUT2D eigenvalue weighted by Gasteiger charge is -2.30. The zero-order valence-electron chi connectivity index (χ0n) is 14.2. The van der Waals surface area contributed by atoms with Crippen molar-refractivity contribution < 1.29 is 4.79 Å². The van der Waals surface area contributed by atoms with E-state index in [4.69, 9.17) is 0 Å². The number of nitrogens with zero attached hydrogens (tertiary/aromatic N) is 2. The molecule has 0 aliphatic heterocycles. The van der Waals surface area contributed by atoms with Gasteiger partial charge in [0.05, 0.1) is 5.56 Å². The van der Waals surface area contributed by atoms with E-state index in [1.54, 1.807) is 23.7 Å². The molecule has 1 amide bonds. The maximum absolute atomic E-state index is 12.3. The Bertz CT molecular complexity index is 615. The summed E-state index contributed by atoms with van der Waals surface area (Å²) >= 11 is 1.65. The van der Waals surface area contributed by atoms with Gasteiger partial charge in [-0.3, -0.25) is 14.7 Å². The van der Waals surface area contributed by atoms with Crippen molar-refractivity contribution in [3.63, 3.8) is 0 Å². The number of hydrogen-bond donors (Lipinski definition) is 1. The summed E-state index contributed by atoms with van der Waals surface area (Å²) in [5.41, 5.74) is 1.59. The fraction of sp³-hybridized carbons (Fsp3) is 0.444. The number of pyridine rings is 1. The number of carbonyl (C=O) groups is 1. The summed E-state index contributed by atoms with van der Waals surface area (Å²) in [6.07, 6.45) is 3.41. The molecule has 4 nitrogen and oxygen atoms in total. The smallest absolute Gasteiger partial charge is 0.252 e. The molecule has 2 aromatic heterocycles. The van der Waals surface area contributed by atoms with Gasteiger partial charge in [-0.05, 0) is 45.2 Å². The number of nitrogens with one attached hydrogen (secondary N) is 1. The third kappa shape index (κ3) is 4.88. The highest BCUT2D eigenvalue weighted by Crippen LogP contribution is 2.24. The fourth-order valence-corrected chi connectivity index (χ4v) is 3.36. The highest BCUT2D eigenvalue weighted by Gasteiger charge is 2.14. The third-order valence-corrected chi connectivity index (χ3v) is 4.71. The van der Waals surface area contributed by atoms with E-state index in [-0.39, 0.29) is 5.91 Å². The summed E-state index contributed by atoms with van der Waals surface area (Å²) in [6, 6.07) is 6.87. The highest BCUT2D eigenvalue weighted by molar-refractivity contribution is 7.13. The Morgan fingerprint density at radius 3 is 2.61 bits per heavy atom. The summed E-state index contributed by atoms with van der Waals surface area (Å²) < 4.78 is 0. The minimum absolute atomic E-state index is 0.0663. The quantitative estimate of drug-likeness (QED) is 0.842. The highest BCUT2D eigenvalue weighted by atomic mass is 32.1. The van der Waals surface area contributed by atoms with Crippen LogP contribution < -0.4 is 5.32 Å². The molecule has 0 fully saturated rings. The van der Waals surface area contributed by atoms with Crippen molar-refractivity contribution in [1.82, 2.24) is 15.2 Å². The lowest BCUT2D eigenvalue weighted by atomic mass is 10.1. The number of thiophene rings is 1. The van der Waals surface area contributed by atoms with Crippen molar-refractivity contribution in [2.24, 2.45) is 0 Å². The van der Waals surface area contributed by atoms with E-state index in [2.05, 4.69) is 42.9 Å². The van der Waals surface area contributed by atoms with E-state index in [0.717, 1.165) is 17.0 Å². The first-order chi connectivity index (χ1) is 11.0. The Morgan fingerprint density at radius 2 is 2.00 bits per heavy atom. The van der Waals surface area contributed by atoms with Gasteiger partial charge in [-0.15, -0.1) is 11.3 Å². The maximum Gasteiger partial charge on any atom is 0.252 e. The molecule has 0 radical (unpaired) electrons. The summed E-state index contributed by atoms with van der Waals surface area (Å²) in [6.45, 7) is 10.2. The molecule has 0 aliphatic rings. The Hall–Kier alpha value is -1.72. The average molecular weight is 331 g/mol. The first kappa shape index (κ1) is 17.6. The molecular weight excluding hydrogens is 306 g/mol. The lowest BCUT2D eigenvalue weighted by Crippen LogP contribution is -2.42. The monoisotopic (exact) mass is 331 g/mol. The van der Waals surface area contributed by atoms with E-state index in [1.807, 2.05) is 23.6 Å². The van der Waals surface area contributed by atoms with Crippen LogP contribution in [0, 0.1) is 0 Å². The molecule has 0 bridgehead atoms. The molecule has 2 heterocycles. The van der Waals surface area contributed by atoms with Crippen molar-refractivity contribution in [2.75, 3.05) is 13.1 Å². The lowest BCUT2D eigenvalue weighted by molar-refractivity contribution is 0.0939. The van der Waals surface area contributed by atoms with Crippen molar-refractivity contribution in [2.45, 2.75) is 39.8 Å². The predicted octanol–water partition coefficient (Wildman–Crippen LogP) is 3.66. The maximum atomic E-state index is 12.3. The number of aromatic nitrogens is 1. The van der Waals surface area contributed by atoms with Crippen LogP contribution in [-0.4, -0.2) is 41.0 Å². The predicted molar refractivity (Wildman–Crippen MR) is 96.9 cm³/mol. The zero-order chi connectivity index (χ0) is 16.8. The number of hydrogen-bond acceptors (Lipinski definition) is 4. The third-order valence-electron chi connectivity index (χ3n) is 3.79. The number of rotatable bonds is 7. The largest absolute Gasteiger partial charge is 0.351 e. The van der Waals surface area contributed by atoms with Crippen molar-refractivity contribution in [3.05, 3.63) is 41.5 Å². The van der Waals surface area contributed by atoms with Crippen LogP contribution in [0.5, 0.6) is 0 Å². The topological polar surface area (TPSA) is 45.2 Å². The van der Waals surface area contributed by atoms with Crippen LogP contribution in [0.4, 0.5) is 0 Å². The molecule has 23 heavy (non-hydrogen) atoms. The molecule has 0 aromatic carbocycles. The van der Waals surface area contributed by atoms with Crippen molar-refractivity contribution in [1.29, 1.82) is 0 Å². The number of amides is 1. The Kier molecular flexibility index (Phi) is 6.30. The van der Waals surface area contributed by atoms with Gasteiger partial charge in [-0.25, -0.2) is 0 Å². The van der Waals surface area contributed by atoms with Crippen LogP contribution in [0.2, 0.25) is 0 Å². The molecule has 5 heteroatoms. The molecular formula is C18H25N3OS. The second kappa shape index (κ2) is 8.22. The summed E-state index contributed by atoms with van der Waals surface area (Å²) in [5.74, 6) is -0.0663. The fourth-order valence-electron chi connectivity index (χ4n) is 2.65. The Labute approximate surface area is 142 Å². The minimum Gasteiger partial charge on any atom is -0.351 e. The van der Waals surface area contributed by atoms with Gasteiger partial charge in [0.1, 0.15) is 0 Å². The van der Waals surface area contributed by atoms with Crippen molar-refractivity contribution >= 4 is 17.2 Å². The van der Waals surface area contributed by atoms with Gasteiger partial charge in [0, 0.05) is 48.0 Å². The Balaban J connectivity index is 1.95. The Morgan fingerprint density at radius 1 is 1.26 bits per heavy atom. The van der Waals surface area contributed by atoms with E-state index in [1.165, 1.54) is 0 Å².